The summed E-state index contributed by atoms with van der Waals surface area (Å²) in [6, 6.07) is 19.2. The quantitative estimate of drug-likeness (QED) is 0.446. The van der Waals surface area contributed by atoms with Crippen LogP contribution in [0.3, 0.4) is 0 Å². The fraction of sp³-hybridized carbons (Fsp3) is 0.143. The molecule has 0 amide bonds. The summed E-state index contributed by atoms with van der Waals surface area (Å²) in [7, 11) is 0. The van der Waals surface area contributed by atoms with E-state index in [1.165, 1.54) is 4.57 Å². The van der Waals surface area contributed by atoms with Crippen molar-refractivity contribution >= 4 is 37.6 Å². The van der Waals surface area contributed by atoms with Crippen LogP contribution in [0.4, 0.5) is 0 Å². The zero-order valence-corrected chi connectivity index (χ0v) is 15.9. The summed E-state index contributed by atoms with van der Waals surface area (Å²) >= 11 is 3.33. The van der Waals surface area contributed by atoms with Crippen LogP contribution >= 0.6 is 15.9 Å². The molecule has 3 aromatic carbocycles. The summed E-state index contributed by atoms with van der Waals surface area (Å²) < 4.78 is 13.0. The zero-order valence-electron chi connectivity index (χ0n) is 14.4. The van der Waals surface area contributed by atoms with Gasteiger partial charge in [-0.25, -0.2) is 9.59 Å². The summed E-state index contributed by atoms with van der Waals surface area (Å²) in [5, 5.41) is 2.55. The molecule has 0 spiro atoms. The first kappa shape index (κ1) is 17.5. The molecule has 0 saturated heterocycles. The maximum absolute atomic E-state index is 12.1. The lowest BCUT2D eigenvalue weighted by molar-refractivity contribution is 0.299. The molecular formula is C21H16BrNO4. The van der Waals surface area contributed by atoms with Crippen molar-refractivity contribution in [1.82, 2.24) is 4.57 Å². The number of aromatic nitrogens is 1. The molecule has 0 aliphatic rings. The molecule has 0 radical (unpaired) electrons. The molecule has 4 rings (SSSR count). The Morgan fingerprint density at radius 1 is 0.963 bits per heavy atom. The van der Waals surface area contributed by atoms with Crippen LogP contribution in [0.5, 0.6) is 5.75 Å². The lowest BCUT2D eigenvalue weighted by Gasteiger charge is -2.11. The highest BCUT2D eigenvalue weighted by Gasteiger charge is 2.10. The largest absolute Gasteiger partial charge is 0.493 e. The Morgan fingerprint density at radius 3 is 2.67 bits per heavy atom. The second-order valence-corrected chi connectivity index (χ2v) is 7.06. The lowest BCUT2D eigenvalue weighted by Crippen LogP contribution is -2.25. The molecule has 0 saturated carbocycles. The number of benzene rings is 3. The van der Waals surface area contributed by atoms with Gasteiger partial charge in [-0.3, -0.25) is 4.57 Å². The molecule has 6 heteroatoms. The minimum atomic E-state index is -0.653. The van der Waals surface area contributed by atoms with E-state index in [0.717, 1.165) is 21.0 Å². The molecule has 0 atom stereocenters. The Labute approximate surface area is 162 Å². The summed E-state index contributed by atoms with van der Waals surface area (Å²) in [6.07, 6.45) is 0.599. The number of rotatable bonds is 5. The Hall–Kier alpha value is -2.86. The number of aryl methyl sites for hydroxylation is 1. The monoisotopic (exact) mass is 425 g/mol. The normalized spacial score (nSPS) is 11.1. The molecule has 27 heavy (non-hydrogen) atoms. The minimum absolute atomic E-state index is 0.374. The van der Waals surface area contributed by atoms with Crippen molar-refractivity contribution < 1.29 is 9.15 Å². The van der Waals surface area contributed by atoms with Crippen molar-refractivity contribution in [2.75, 3.05) is 6.61 Å². The summed E-state index contributed by atoms with van der Waals surface area (Å²) in [6.45, 7) is 0.836. The molecule has 0 N–H and O–H groups in total. The third kappa shape index (κ3) is 3.53. The molecule has 0 aliphatic carbocycles. The van der Waals surface area contributed by atoms with E-state index in [9.17, 15) is 9.59 Å². The van der Waals surface area contributed by atoms with Crippen LogP contribution in [0.1, 0.15) is 6.42 Å². The van der Waals surface area contributed by atoms with E-state index in [-0.39, 0.29) is 0 Å². The highest BCUT2D eigenvalue weighted by atomic mass is 79.9. The molecule has 0 bridgehead atoms. The molecule has 4 aromatic rings. The van der Waals surface area contributed by atoms with Gasteiger partial charge in [0.15, 0.2) is 0 Å². The average Bonchev–Trinajstić information content (AvgIpc) is 2.67. The van der Waals surface area contributed by atoms with E-state index >= 15 is 0 Å². The van der Waals surface area contributed by atoms with E-state index in [4.69, 9.17) is 9.15 Å². The third-order valence-electron chi connectivity index (χ3n) is 4.40. The number of fused-ring (bicyclic) bond motifs is 2. The standard InChI is InChI=1S/C21H16BrNO4/c22-15-9-10-18-17(13-15)20(24)27-21(25)23(18)11-4-12-26-19-8-3-6-14-5-1-2-7-16(14)19/h1-3,5-10,13H,4,11-12H2. The molecular weight excluding hydrogens is 410 g/mol. The van der Waals surface area contributed by atoms with E-state index < -0.39 is 11.4 Å². The van der Waals surface area contributed by atoms with Crippen molar-refractivity contribution in [3.8, 4) is 5.75 Å². The van der Waals surface area contributed by atoms with E-state index in [1.807, 2.05) is 42.5 Å². The van der Waals surface area contributed by atoms with Crippen molar-refractivity contribution in [2.45, 2.75) is 13.0 Å². The van der Waals surface area contributed by atoms with Crippen LogP contribution in [0.2, 0.25) is 0 Å². The first-order valence-electron chi connectivity index (χ1n) is 8.57. The summed E-state index contributed by atoms with van der Waals surface area (Å²) in [4.78, 5) is 24.0. The van der Waals surface area contributed by atoms with Crippen LogP contribution in [0, 0.1) is 0 Å². The van der Waals surface area contributed by atoms with E-state index in [2.05, 4.69) is 15.9 Å². The van der Waals surface area contributed by atoms with Gasteiger partial charge in [-0.05, 0) is 36.1 Å². The molecule has 136 valence electrons. The van der Waals surface area contributed by atoms with Gasteiger partial charge in [0.25, 0.3) is 0 Å². The van der Waals surface area contributed by atoms with Gasteiger partial charge in [-0.15, -0.1) is 0 Å². The van der Waals surface area contributed by atoms with Crippen LogP contribution in [0.15, 0.2) is 79.1 Å². The molecule has 0 fully saturated rings. The molecule has 5 nitrogen and oxygen atoms in total. The predicted molar refractivity (Wildman–Crippen MR) is 109 cm³/mol. The van der Waals surface area contributed by atoms with Crippen molar-refractivity contribution in [3.63, 3.8) is 0 Å². The fourth-order valence-corrected chi connectivity index (χ4v) is 3.49. The number of nitrogens with zero attached hydrogens (tertiary/aromatic N) is 1. The van der Waals surface area contributed by atoms with E-state index in [0.29, 0.717) is 30.5 Å². The number of hydrogen-bond acceptors (Lipinski definition) is 4. The first-order chi connectivity index (χ1) is 13.1. The highest BCUT2D eigenvalue weighted by Crippen LogP contribution is 2.25. The van der Waals surface area contributed by atoms with Crippen LogP contribution in [-0.2, 0) is 6.54 Å². The van der Waals surface area contributed by atoms with Crippen molar-refractivity contribution in [3.05, 3.63) is 86.1 Å². The summed E-state index contributed by atoms with van der Waals surface area (Å²) in [5.74, 6) is 0.161. The van der Waals surface area contributed by atoms with Gasteiger partial charge in [0.2, 0.25) is 0 Å². The van der Waals surface area contributed by atoms with Crippen molar-refractivity contribution in [2.24, 2.45) is 0 Å². The summed E-state index contributed by atoms with van der Waals surface area (Å²) in [5.41, 5.74) is -0.0656. The molecule has 0 unspecified atom stereocenters. The second-order valence-electron chi connectivity index (χ2n) is 6.15. The lowest BCUT2D eigenvalue weighted by atomic mass is 10.1. The predicted octanol–water partition coefficient (Wildman–Crippen LogP) is 4.34. The van der Waals surface area contributed by atoms with Gasteiger partial charge in [0, 0.05) is 16.4 Å². The van der Waals surface area contributed by atoms with Crippen LogP contribution in [-0.4, -0.2) is 11.2 Å². The van der Waals surface area contributed by atoms with Crippen molar-refractivity contribution in [1.29, 1.82) is 0 Å². The Bertz CT molecular complexity index is 1240. The maximum Gasteiger partial charge on any atom is 0.422 e. The zero-order chi connectivity index (χ0) is 18.8. The number of hydrogen-bond donors (Lipinski definition) is 0. The van der Waals surface area contributed by atoms with Gasteiger partial charge in [-0.1, -0.05) is 52.3 Å². The average molecular weight is 426 g/mol. The van der Waals surface area contributed by atoms with Gasteiger partial charge < -0.3 is 9.15 Å². The Morgan fingerprint density at radius 2 is 1.78 bits per heavy atom. The maximum atomic E-state index is 12.1. The topological polar surface area (TPSA) is 61.4 Å². The molecule has 0 aliphatic heterocycles. The second kappa shape index (κ2) is 7.40. The number of halogens is 1. The van der Waals surface area contributed by atoms with Gasteiger partial charge in [0.05, 0.1) is 17.5 Å². The smallest absolute Gasteiger partial charge is 0.422 e. The highest BCUT2D eigenvalue weighted by molar-refractivity contribution is 9.10. The fourth-order valence-electron chi connectivity index (χ4n) is 3.13. The first-order valence-corrected chi connectivity index (χ1v) is 9.36. The Kier molecular flexibility index (Phi) is 4.81. The van der Waals surface area contributed by atoms with Crippen LogP contribution in [0.25, 0.3) is 21.7 Å². The van der Waals surface area contributed by atoms with Gasteiger partial charge >= 0.3 is 11.4 Å². The van der Waals surface area contributed by atoms with E-state index in [1.54, 1.807) is 18.2 Å². The van der Waals surface area contributed by atoms with Crippen LogP contribution < -0.4 is 16.1 Å². The van der Waals surface area contributed by atoms with Gasteiger partial charge in [0.1, 0.15) is 5.75 Å². The minimum Gasteiger partial charge on any atom is -0.493 e. The molecule has 1 heterocycles. The SMILES string of the molecule is O=c1oc(=O)n(CCCOc2cccc3ccccc23)c2ccc(Br)cc12. The molecule has 1 aromatic heterocycles. The van der Waals surface area contributed by atoms with Gasteiger partial charge in [-0.2, -0.15) is 0 Å². The third-order valence-corrected chi connectivity index (χ3v) is 4.90. The number of ether oxygens (including phenoxy) is 1. The Balaban J connectivity index is 1.53.